The molecule has 0 amide bonds. The van der Waals surface area contributed by atoms with Crippen LogP contribution in [0.1, 0.15) is 16.7 Å². The Hall–Kier alpha value is -6.18. The van der Waals surface area contributed by atoms with E-state index in [-0.39, 0.29) is 0 Å². The van der Waals surface area contributed by atoms with Gasteiger partial charge in [0.05, 0.1) is 11.0 Å². The second kappa shape index (κ2) is 11.9. The molecule has 1 heterocycles. The Morgan fingerprint density at radius 3 is 1.67 bits per heavy atom. The standard InChI is InChI=1S/C47H33N/c1-3-10-33(11-4-1)35-18-20-37(21-19-35)38-14-9-15-39-31-41(23-22-40(39)30-38)42-26-29-47-45(32-42)44-16-7-8-17-46(44)48(47)43-27-24-36(25-28-43)34-12-5-2-6-13-34/h1-29,31-32H,30H2. The van der Waals surface area contributed by atoms with Crippen molar-refractivity contribution in [2.75, 3.05) is 0 Å². The zero-order chi connectivity index (χ0) is 31.9. The second-order valence-corrected chi connectivity index (χ2v) is 12.6. The van der Waals surface area contributed by atoms with E-state index in [1.165, 1.54) is 83.1 Å². The highest BCUT2D eigenvalue weighted by molar-refractivity contribution is 6.10. The number of fused-ring (bicyclic) bond motifs is 4. The van der Waals surface area contributed by atoms with Crippen molar-refractivity contribution in [3.05, 3.63) is 199 Å². The van der Waals surface area contributed by atoms with E-state index in [2.05, 4.69) is 193 Å². The van der Waals surface area contributed by atoms with Gasteiger partial charge in [-0.1, -0.05) is 152 Å². The zero-order valence-corrected chi connectivity index (χ0v) is 26.6. The van der Waals surface area contributed by atoms with Gasteiger partial charge in [-0.05, 0) is 98.5 Å². The Balaban J connectivity index is 1.03. The van der Waals surface area contributed by atoms with Crippen LogP contribution in [0, 0.1) is 0 Å². The molecule has 0 saturated carbocycles. The van der Waals surface area contributed by atoms with Crippen LogP contribution >= 0.6 is 0 Å². The molecule has 1 nitrogen and oxygen atoms in total. The fraction of sp³-hybridized carbons (Fsp3) is 0.0213. The molecule has 226 valence electrons. The Kier molecular flexibility index (Phi) is 6.95. The first-order valence-electron chi connectivity index (χ1n) is 16.6. The molecule has 0 radical (unpaired) electrons. The van der Waals surface area contributed by atoms with Crippen molar-refractivity contribution in [2.45, 2.75) is 6.42 Å². The zero-order valence-electron chi connectivity index (χ0n) is 26.6. The minimum Gasteiger partial charge on any atom is -0.309 e. The largest absolute Gasteiger partial charge is 0.309 e. The summed E-state index contributed by atoms with van der Waals surface area (Å²) in [6.45, 7) is 0. The molecule has 0 unspecified atom stereocenters. The number of rotatable bonds is 5. The van der Waals surface area contributed by atoms with Crippen molar-refractivity contribution < 1.29 is 0 Å². The molecule has 0 saturated heterocycles. The van der Waals surface area contributed by atoms with Gasteiger partial charge >= 0.3 is 0 Å². The van der Waals surface area contributed by atoms with Gasteiger partial charge in [0, 0.05) is 16.5 Å². The lowest BCUT2D eigenvalue weighted by molar-refractivity contribution is 1.18. The van der Waals surface area contributed by atoms with E-state index in [4.69, 9.17) is 0 Å². The van der Waals surface area contributed by atoms with Crippen LogP contribution in [-0.4, -0.2) is 4.57 Å². The fourth-order valence-electron chi connectivity index (χ4n) is 7.19. The van der Waals surface area contributed by atoms with Crippen molar-refractivity contribution in [1.29, 1.82) is 0 Å². The van der Waals surface area contributed by atoms with Gasteiger partial charge in [-0.25, -0.2) is 0 Å². The summed E-state index contributed by atoms with van der Waals surface area (Å²) in [6.07, 6.45) is 7.64. The fourth-order valence-corrected chi connectivity index (χ4v) is 7.19. The maximum Gasteiger partial charge on any atom is 0.0541 e. The summed E-state index contributed by atoms with van der Waals surface area (Å²) in [7, 11) is 0. The summed E-state index contributed by atoms with van der Waals surface area (Å²) in [5.41, 5.74) is 16.3. The molecule has 1 aromatic heterocycles. The van der Waals surface area contributed by atoms with Gasteiger partial charge in [-0.3, -0.25) is 0 Å². The van der Waals surface area contributed by atoms with Gasteiger partial charge in [0.2, 0.25) is 0 Å². The lowest BCUT2D eigenvalue weighted by Gasteiger charge is -2.12. The molecule has 0 N–H and O–H groups in total. The van der Waals surface area contributed by atoms with E-state index in [1.807, 2.05) is 0 Å². The highest BCUT2D eigenvalue weighted by Gasteiger charge is 2.15. The lowest BCUT2D eigenvalue weighted by atomic mass is 9.93. The van der Waals surface area contributed by atoms with Crippen LogP contribution in [0.3, 0.4) is 0 Å². The molecule has 9 rings (SSSR count). The molecule has 7 aromatic carbocycles. The van der Waals surface area contributed by atoms with Gasteiger partial charge in [-0.2, -0.15) is 0 Å². The maximum absolute atomic E-state index is 2.39. The quantitative estimate of drug-likeness (QED) is 0.182. The molecule has 0 spiro atoms. The highest BCUT2D eigenvalue weighted by atomic mass is 15.0. The monoisotopic (exact) mass is 611 g/mol. The second-order valence-electron chi connectivity index (χ2n) is 12.6. The number of benzene rings is 7. The van der Waals surface area contributed by atoms with Crippen molar-refractivity contribution in [1.82, 2.24) is 4.57 Å². The molecular formula is C47H33N. The molecule has 0 bridgehead atoms. The molecule has 0 atom stereocenters. The first-order valence-corrected chi connectivity index (χ1v) is 16.6. The smallest absolute Gasteiger partial charge is 0.0541 e. The molecule has 1 heteroatoms. The molecule has 0 aliphatic heterocycles. The summed E-state index contributed by atoms with van der Waals surface area (Å²) >= 11 is 0. The van der Waals surface area contributed by atoms with Crippen molar-refractivity contribution in [3.63, 3.8) is 0 Å². The summed E-state index contributed by atoms with van der Waals surface area (Å²) in [6, 6.07) is 61.7. The molecule has 1 aliphatic carbocycles. The Labute approximate surface area is 281 Å². The number of allylic oxidation sites excluding steroid dienone is 3. The third-order valence-corrected chi connectivity index (χ3v) is 9.70. The van der Waals surface area contributed by atoms with Gasteiger partial charge in [0.1, 0.15) is 0 Å². The van der Waals surface area contributed by atoms with Gasteiger partial charge in [0.15, 0.2) is 0 Å². The predicted octanol–water partition coefficient (Wildman–Crippen LogP) is 12.4. The Morgan fingerprint density at radius 2 is 0.938 bits per heavy atom. The Morgan fingerprint density at radius 1 is 0.396 bits per heavy atom. The van der Waals surface area contributed by atoms with Gasteiger partial charge in [0.25, 0.3) is 0 Å². The van der Waals surface area contributed by atoms with Crippen LogP contribution in [0.15, 0.2) is 182 Å². The van der Waals surface area contributed by atoms with E-state index < -0.39 is 0 Å². The average Bonchev–Trinajstić information content (AvgIpc) is 3.33. The third kappa shape index (κ3) is 5.07. The normalized spacial score (nSPS) is 12.5. The van der Waals surface area contributed by atoms with Crippen LogP contribution in [0.5, 0.6) is 0 Å². The van der Waals surface area contributed by atoms with Crippen LogP contribution in [-0.2, 0) is 6.42 Å². The summed E-state index contributed by atoms with van der Waals surface area (Å²) in [5.74, 6) is 0. The van der Waals surface area contributed by atoms with Crippen molar-refractivity contribution in [2.24, 2.45) is 0 Å². The minimum atomic E-state index is 0.906. The van der Waals surface area contributed by atoms with Crippen LogP contribution < -0.4 is 0 Å². The molecule has 8 aromatic rings. The number of hydrogen-bond donors (Lipinski definition) is 0. The van der Waals surface area contributed by atoms with Gasteiger partial charge in [-0.15, -0.1) is 0 Å². The maximum atomic E-state index is 2.39. The number of nitrogens with zero attached hydrogens (tertiary/aromatic N) is 1. The Bertz CT molecular complexity index is 2480. The highest BCUT2D eigenvalue weighted by Crippen LogP contribution is 2.37. The summed E-state index contributed by atoms with van der Waals surface area (Å²) in [5, 5.41) is 2.53. The van der Waals surface area contributed by atoms with Gasteiger partial charge < -0.3 is 4.57 Å². The van der Waals surface area contributed by atoms with Crippen molar-refractivity contribution in [3.8, 4) is 39.1 Å². The molecule has 0 fully saturated rings. The molecular weight excluding hydrogens is 579 g/mol. The van der Waals surface area contributed by atoms with Crippen LogP contribution in [0.2, 0.25) is 0 Å². The van der Waals surface area contributed by atoms with Crippen molar-refractivity contribution >= 4 is 33.5 Å². The SMILES string of the molecule is C1=Cc2cc(-c3ccc4c(c3)c3ccccc3n4-c3ccc(-c4ccccc4)cc3)ccc2CC(c2ccc(-c3ccccc3)cc2)=C1. The first-order chi connectivity index (χ1) is 23.8. The average molecular weight is 612 g/mol. The van der Waals surface area contributed by atoms with E-state index in [0.29, 0.717) is 0 Å². The van der Waals surface area contributed by atoms with E-state index >= 15 is 0 Å². The summed E-state index contributed by atoms with van der Waals surface area (Å²) in [4.78, 5) is 0. The number of para-hydroxylation sites is 1. The van der Waals surface area contributed by atoms with E-state index in [1.54, 1.807) is 0 Å². The van der Waals surface area contributed by atoms with E-state index in [0.717, 1.165) is 6.42 Å². The van der Waals surface area contributed by atoms with Crippen LogP contribution in [0.25, 0.3) is 72.5 Å². The van der Waals surface area contributed by atoms with E-state index in [9.17, 15) is 0 Å². The number of hydrogen-bond acceptors (Lipinski definition) is 0. The predicted molar refractivity (Wildman–Crippen MR) is 204 cm³/mol. The van der Waals surface area contributed by atoms with Crippen LogP contribution in [0.4, 0.5) is 0 Å². The third-order valence-electron chi connectivity index (χ3n) is 9.70. The first kappa shape index (κ1) is 28.1. The lowest BCUT2D eigenvalue weighted by Crippen LogP contribution is -1.94. The minimum absolute atomic E-state index is 0.906. The molecule has 1 aliphatic rings. The molecule has 48 heavy (non-hydrogen) atoms. The summed E-state index contributed by atoms with van der Waals surface area (Å²) < 4.78 is 2.39. The topological polar surface area (TPSA) is 4.93 Å². The number of aromatic nitrogens is 1.